The highest BCUT2D eigenvalue weighted by Crippen LogP contribution is 2.27. The molecule has 4 rings (SSSR count). The van der Waals surface area contributed by atoms with Gasteiger partial charge in [0.2, 0.25) is 11.9 Å². The lowest BCUT2D eigenvalue weighted by molar-refractivity contribution is -0.137. The second-order valence-corrected chi connectivity index (χ2v) is 7.34. The highest BCUT2D eigenvalue weighted by atomic mass is 16.2. The summed E-state index contributed by atoms with van der Waals surface area (Å²) in [5, 5.41) is 6.81. The minimum atomic E-state index is -0.0826. The van der Waals surface area contributed by atoms with Gasteiger partial charge in [0.15, 0.2) is 0 Å². The number of H-pyrrole nitrogens is 1. The van der Waals surface area contributed by atoms with Gasteiger partial charge in [-0.15, -0.1) is 5.10 Å². The molecule has 1 aromatic heterocycles. The fourth-order valence-electron chi connectivity index (χ4n) is 4.11. The van der Waals surface area contributed by atoms with Gasteiger partial charge in [-0.2, -0.15) is 4.98 Å². The first-order chi connectivity index (χ1) is 12.6. The molecule has 1 aromatic carbocycles. The molecule has 7 nitrogen and oxygen atoms in total. The van der Waals surface area contributed by atoms with Crippen LogP contribution >= 0.6 is 0 Å². The van der Waals surface area contributed by atoms with Crippen LogP contribution in [0.1, 0.15) is 42.6 Å². The Morgan fingerprint density at radius 2 is 1.96 bits per heavy atom. The summed E-state index contributed by atoms with van der Waals surface area (Å²) in [7, 11) is 0. The Kier molecular flexibility index (Phi) is 4.63. The fourth-order valence-corrected chi connectivity index (χ4v) is 4.11. The van der Waals surface area contributed by atoms with E-state index in [1.54, 1.807) is 0 Å². The van der Waals surface area contributed by atoms with Gasteiger partial charge in [0.1, 0.15) is 5.82 Å². The second-order valence-electron chi connectivity index (χ2n) is 7.34. The van der Waals surface area contributed by atoms with Crippen molar-refractivity contribution >= 4 is 11.9 Å². The number of amides is 1. The molecule has 138 valence electrons. The predicted molar refractivity (Wildman–Crippen MR) is 99.4 cm³/mol. The molecule has 7 heteroatoms. The summed E-state index contributed by atoms with van der Waals surface area (Å²) >= 11 is 0. The van der Waals surface area contributed by atoms with Crippen LogP contribution in [-0.4, -0.2) is 56.6 Å². The van der Waals surface area contributed by atoms with Crippen LogP contribution in [0, 0.1) is 0 Å². The number of fused-ring (bicyclic) bond motifs is 1. The molecule has 0 aliphatic carbocycles. The summed E-state index contributed by atoms with van der Waals surface area (Å²) in [5.74, 6) is 1.67. The SMILES string of the molecule is C[C@H](C(=O)N1CCC(c2nc(N)n[nH]2)CC1)N1CCc2ccccc2C1. The molecule has 0 unspecified atom stereocenters. The minimum absolute atomic E-state index is 0.0826. The molecule has 1 atom stereocenters. The number of piperidine rings is 1. The Labute approximate surface area is 153 Å². The summed E-state index contributed by atoms with van der Waals surface area (Å²) in [4.78, 5) is 21.5. The number of nitrogens with two attached hydrogens (primary N) is 1. The lowest BCUT2D eigenvalue weighted by Crippen LogP contribution is -2.50. The van der Waals surface area contributed by atoms with E-state index in [1.807, 2.05) is 11.8 Å². The number of carbonyl (C=O) groups is 1. The molecule has 0 spiro atoms. The van der Waals surface area contributed by atoms with Crippen LogP contribution in [0.2, 0.25) is 0 Å². The maximum absolute atomic E-state index is 13.0. The lowest BCUT2D eigenvalue weighted by atomic mass is 9.95. The van der Waals surface area contributed by atoms with E-state index in [1.165, 1.54) is 11.1 Å². The monoisotopic (exact) mass is 354 g/mol. The Hall–Kier alpha value is -2.41. The molecule has 1 amide bonds. The number of rotatable bonds is 3. The van der Waals surface area contributed by atoms with Crippen LogP contribution in [0.5, 0.6) is 0 Å². The van der Waals surface area contributed by atoms with Crippen molar-refractivity contribution in [1.82, 2.24) is 25.0 Å². The first-order valence-electron chi connectivity index (χ1n) is 9.39. The molecule has 3 N–H and O–H groups in total. The largest absolute Gasteiger partial charge is 0.367 e. The summed E-state index contributed by atoms with van der Waals surface area (Å²) in [6.07, 6.45) is 2.81. The number of anilines is 1. The van der Waals surface area contributed by atoms with Crippen molar-refractivity contribution in [2.24, 2.45) is 0 Å². The number of carbonyl (C=O) groups excluding carboxylic acids is 1. The van der Waals surface area contributed by atoms with E-state index in [0.29, 0.717) is 5.92 Å². The molecular formula is C19H26N6O. The zero-order valence-corrected chi connectivity index (χ0v) is 15.2. The topological polar surface area (TPSA) is 91.1 Å². The molecule has 1 fully saturated rings. The van der Waals surface area contributed by atoms with Gasteiger partial charge in [0.05, 0.1) is 6.04 Å². The summed E-state index contributed by atoms with van der Waals surface area (Å²) in [5.41, 5.74) is 8.35. The number of hydrogen-bond acceptors (Lipinski definition) is 5. The maximum atomic E-state index is 13.0. The number of likely N-dealkylation sites (tertiary alicyclic amines) is 1. The van der Waals surface area contributed by atoms with Gasteiger partial charge in [-0.1, -0.05) is 24.3 Å². The van der Waals surface area contributed by atoms with E-state index in [9.17, 15) is 4.79 Å². The van der Waals surface area contributed by atoms with Gasteiger partial charge in [-0.25, -0.2) is 0 Å². The Bertz CT molecular complexity index is 780. The van der Waals surface area contributed by atoms with Crippen LogP contribution in [-0.2, 0) is 17.8 Å². The van der Waals surface area contributed by atoms with Crippen LogP contribution in [0.15, 0.2) is 24.3 Å². The molecule has 3 heterocycles. The van der Waals surface area contributed by atoms with Gasteiger partial charge in [0, 0.05) is 32.1 Å². The van der Waals surface area contributed by atoms with Crippen molar-refractivity contribution in [3.63, 3.8) is 0 Å². The van der Waals surface area contributed by atoms with Crippen molar-refractivity contribution < 1.29 is 4.79 Å². The second kappa shape index (κ2) is 7.07. The molecular weight excluding hydrogens is 328 g/mol. The van der Waals surface area contributed by atoms with E-state index in [2.05, 4.69) is 44.3 Å². The quantitative estimate of drug-likeness (QED) is 0.872. The number of nitrogen functional groups attached to an aromatic ring is 1. The van der Waals surface area contributed by atoms with Crippen LogP contribution in [0.4, 0.5) is 5.95 Å². The summed E-state index contributed by atoms with van der Waals surface area (Å²) in [6.45, 7) is 5.37. The van der Waals surface area contributed by atoms with Crippen molar-refractivity contribution in [1.29, 1.82) is 0 Å². The highest BCUT2D eigenvalue weighted by Gasteiger charge is 2.31. The zero-order valence-electron chi connectivity index (χ0n) is 15.2. The standard InChI is InChI=1S/C19H26N6O/c1-13(25-11-6-14-4-2-3-5-16(14)12-25)18(26)24-9-7-15(8-10-24)17-21-19(20)23-22-17/h2-5,13,15H,6-12H2,1H3,(H3,20,21,22,23)/t13-/m1/s1. The van der Waals surface area contributed by atoms with E-state index < -0.39 is 0 Å². The molecule has 26 heavy (non-hydrogen) atoms. The third kappa shape index (κ3) is 3.31. The number of nitrogens with zero attached hydrogens (tertiary/aromatic N) is 4. The van der Waals surface area contributed by atoms with Gasteiger partial charge < -0.3 is 10.6 Å². The first-order valence-corrected chi connectivity index (χ1v) is 9.39. The lowest BCUT2D eigenvalue weighted by Gasteiger charge is -2.38. The first kappa shape index (κ1) is 17.0. The van der Waals surface area contributed by atoms with Gasteiger partial charge in [-0.05, 0) is 37.3 Å². The molecule has 2 aliphatic heterocycles. The smallest absolute Gasteiger partial charge is 0.239 e. The van der Waals surface area contributed by atoms with Crippen LogP contribution in [0.3, 0.4) is 0 Å². The van der Waals surface area contributed by atoms with E-state index in [-0.39, 0.29) is 17.9 Å². The summed E-state index contributed by atoms with van der Waals surface area (Å²) in [6, 6.07) is 8.46. The van der Waals surface area contributed by atoms with E-state index in [4.69, 9.17) is 5.73 Å². The average Bonchev–Trinajstić information content (AvgIpc) is 3.13. The van der Waals surface area contributed by atoms with Gasteiger partial charge in [-0.3, -0.25) is 14.8 Å². The minimum Gasteiger partial charge on any atom is -0.367 e. The number of aromatic nitrogens is 3. The highest BCUT2D eigenvalue weighted by molar-refractivity contribution is 5.81. The third-order valence-electron chi connectivity index (χ3n) is 5.78. The Morgan fingerprint density at radius 3 is 2.65 bits per heavy atom. The number of aromatic amines is 1. The number of nitrogens with one attached hydrogen (secondary N) is 1. The Balaban J connectivity index is 1.35. The van der Waals surface area contributed by atoms with E-state index >= 15 is 0 Å². The van der Waals surface area contributed by atoms with Gasteiger partial charge >= 0.3 is 0 Å². The van der Waals surface area contributed by atoms with Crippen molar-refractivity contribution in [2.75, 3.05) is 25.4 Å². The zero-order chi connectivity index (χ0) is 18.1. The molecule has 0 saturated carbocycles. The molecule has 0 radical (unpaired) electrons. The number of hydrogen-bond donors (Lipinski definition) is 2. The van der Waals surface area contributed by atoms with Gasteiger partial charge in [0.25, 0.3) is 0 Å². The van der Waals surface area contributed by atoms with Crippen molar-refractivity contribution in [3.05, 3.63) is 41.2 Å². The van der Waals surface area contributed by atoms with Crippen molar-refractivity contribution in [3.8, 4) is 0 Å². The van der Waals surface area contributed by atoms with Crippen LogP contribution < -0.4 is 5.73 Å². The molecule has 2 aromatic rings. The van der Waals surface area contributed by atoms with E-state index in [0.717, 1.165) is 51.3 Å². The maximum Gasteiger partial charge on any atom is 0.239 e. The molecule has 1 saturated heterocycles. The summed E-state index contributed by atoms with van der Waals surface area (Å²) < 4.78 is 0. The number of benzene rings is 1. The van der Waals surface area contributed by atoms with Crippen molar-refractivity contribution in [2.45, 2.75) is 44.7 Å². The third-order valence-corrected chi connectivity index (χ3v) is 5.78. The average molecular weight is 354 g/mol. The normalized spacial score (nSPS) is 20.0. The molecule has 0 bridgehead atoms. The fraction of sp³-hybridized carbons (Fsp3) is 0.526. The molecule has 2 aliphatic rings. The predicted octanol–water partition coefficient (Wildman–Crippen LogP) is 1.54. The van der Waals surface area contributed by atoms with Crippen LogP contribution in [0.25, 0.3) is 0 Å². The Morgan fingerprint density at radius 1 is 1.23 bits per heavy atom.